The van der Waals surface area contributed by atoms with E-state index in [0.29, 0.717) is 0 Å². The van der Waals surface area contributed by atoms with Crippen molar-refractivity contribution in [3.63, 3.8) is 0 Å². The summed E-state index contributed by atoms with van der Waals surface area (Å²) in [5.41, 5.74) is 4.81. The van der Waals surface area contributed by atoms with Crippen molar-refractivity contribution in [3.8, 4) is 16.9 Å². The van der Waals surface area contributed by atoms with Crippen LogP contribution in [0.3, 0.4) is 0 Å². The molecule has 0 aromatic heterocycles. The Morgan fingerprint density at radius 2 is 1.83 bits per heavy atom. The van der Waals surface area contributed by atoms with Gasteiger partial charge in [0.05, 0.1) is 7.11 Å². The molecule has 0 aliphatic heterocycles. The van der Waals surface area contributed by atoms with E-state index in [0.717, 1.165) is 39.9 Å². The van der Waals surface area contributed by atoms with Gasteiger partial charge in [0.2, 0.25) is 0 Å². The maximum absolute atomic E-state index is 13.3. The van der Waals surface area contributed by atoms with Crippen LogP contribution in [0.2, 0.25) is 0 Å². The van der Waals surface area contributed by atoms with Gasteiger partial charge in [-0.25, -0.2) is 4.39 Å². The fourth-order valence-electron chi connectivity index (χ4n) is 2.80. The van der Waals surface area contributed by atoms with E-state index in [1.165, 1.54) is 18.2 Å². The molecule has 2 nitrogen and oxygen atoms in total. The molecular weight excluding hydrogens is 291 g/mol. The van der Waals surface area contributed by atoms with Crippen LogP contribution in [0.25, 0.3) is 17.2 Å². The van der Waals surface area contributed by atoms with Crippen molar-refractivity contribution in [2.45, 2.75) is 26.7 Å². The Balaban J connectivity index is 2.85. The first-order chi connectivity index (χ1) is 11.0. The average molecular weight is 312 g/mol. The number of benzene rings is 2. The molecule has 2 aromatic carbocycles. The summed E-state index contributed by atoms with van der Waals surface area (Å²) < 4.78 is 18.9. The molecular formula is C20H21FO2. The minimum absolute atomic E-state index is 0.283. The third kappa shape index (κ3) is 3.50. The van der Waals surface area contributed by atoms with E-state index in [-0.39, 0.29) is 11.7 Å². The SMILES string of the molecule is COc1c(C)cc(C(C)C)c(/C=C/C=O)c1-c1ccc(F)cc1. The van der Waals surface area contributed by atoms with Crippen molar-refractivity contribution < 1.29 is 13.9 Å². The molecule has 0 aliphatic carbocycles. The molecule has 0 amide bonds. The van der Waals surface area contributed by atoms with Crippen LogP contribution in [0.4, 0.5) is 4.39 Å². The number of hydrogen-bond acceptors (Lipinski definition) is 2. The molecule has 3 heteroatoms. The quantitative estimate of drug-likeness (QED) is 0.564. The van der Waals surface area contributed by atoms with E-state index in [9.17, 15) is 9.18 Å². The highest BCUT2D eigenvalue weighted by Gasteiger charge is 2.18. The molecule has 0 unspecified atom stereocenters. The van der Waals surface area contributed by atoms with E-state index in [2.05, 4.69) is 19.9 Å². The number of carbonyl (C=O) groups is 1. The van der Waals surface area contributed by atoms with Crippen LogP contribution in [0.1, 0.15) is 36.5 Å². The fourth-order valence-corrected chi connectivity index (χ4v) is 2.80. The van der Waals surface area contributed by atoms with Crippen molar-refractivity contribution in [2.75, 3.05) is 7.11 Å². The van der Waals surface area contributed by atoms with Gasteiger partial charge in [-0.05, 0) is 53.3 Å². The minimum Gasteiger partial charge on any atom is -0.496 e. The van der Waals surface area contributed by atoms with Crippen LogP contribution in [0.15, 0.2) is 36.4 Å². The smallest absolute Gasteiger partial charge is 0.142 e. The van der Waals surface area contributed by atoms with Gasteiger partial charge in [-0.1, -0.05) is 38.1 Å². The summed E-state index contributed by atoms with van der Waals surface area (Å²) in [6, 6.07) is 8.41. The van der Waals surface area contributed by atoms with Gasteiger partial charge in [-0.3, -0.25) is 4.79 Å². The Morgan fingerprint density at radius 1 is 1.17 bits per heavy atom. The molecule has 0 fully saturated rings. The fraction of sp³-hybridized carbons (Fsp3) is 0.250. The Bertz CT molecular complexity index is 728. The maximum Gasteiger partial charge on any atom is 0.142 e. The number of halogens is 1. The second-order valence-electron chi connectivity index (χ2n) is 5.76. The molecule has 0 N–H and O–H groups in total. The van der Waals surface area contributed by atoms with Crippen LogP contribution in [-0.4, -0.2) is 13.4 Å². The lowest BCUT2D eigenvalue weighted by atomic mass is 9.87. The summed E-state index contributed by atoms with van der Waals surface area (Å²) in [4.78, 5) is 10.8. The normalized spacial score (nSPS) is 11.2. The molecule has 0 spiro atoms. The van der Waals surface area contributed by atoms with E-state index >= 15 is 0 Å². The van der Waals surface area contributed by atoms with Crippen molar-refractivity contribution >= 4 is 12.4 Å². The van der Waals surface area contributed by atoms with Crippen LogP contribution >= 0.6 is 0 Å². The van der Waals surface area contributed by atoms with Crippen molar-refractivity contribution in [2.24, 2.45) is 0 Å². The third-order valence-electron chi connectivity index (χ3n) is 3.84. The van der Waals surface area contributed by atoms with Crippen LogP contribution < -0.4 is 4.74 Å². The van der Waals surface area contributed by atoms with Gasteiger partial charge in [0.15, 0.2) is 0 Å². The van der Waals surface area contributed by atoms with Crippen LogP contribution in [-0.2, 0) is 4.79 Å². The Labute approximate surface area is 136 Å². The predicted octanol–water partition coefficient (Wildman–Crippen LogP) is 5.15. The molecule has 2 rings (SSSR count). The number of allylic oxidation sites excluding steroid dienone is 1. The molecule has 0 atom stereocenters. The third-order valence-corrected chi connectivity index (χ3v) is 3.84. The zero-order chi connectivity index (χ0) is 17.0. The van der Waals surface area contributed by atoms with Crippen LogP contribution in [0, 0.1) is 12.7 Å². The summed E-state index contributed by atoms with van der Waals surface area (Å²) >= 11 is 0. The van der Waals surface area contributed by atoms with E-state index in [1.54, 1.807) is 25.3 Å². The molecule has 0 saturated carbocycles. The molecule has 2 aromatic rings. The summed E-state index contributed by atoms with van der Waals surface area (Å²) in [6.07, 6.45) is 4.02. The maximum atomic E-state index is 13.3. The zero-order valence-corrected chi connectivity index (χ0v) is 13.9. The van der Waals surface area contributed by atoms with Crippen molar-refractivity contribution in [1.82, 2.24) is 0 Å². The lowest BCUT2D eigenvalue weighted by Crippen LogP contribution is -2.01. The number of carbonyl (C=O) groups excluding carboxylic acids is 1. The van der Waals surface area contributed by atoms with Crippen molar-refractivity contribution in [1.29, 1.82) is 0 Å². The zero-order valence-electron chi connectivity index (χ0n) is 13.9. The number of aldehydes is 1. The number of rotatable bonds is 5. The van der Waals surface area contributed by atoms with E-state index < -0.39 is 0 Å². The lowest BCUT2D eigenvalue weighted by molar-refractivity contribution is -0.104. The lowest BCUT2D eigenvalue weighted by Gasteiger charge is -2.20. The molecule has 0 radical (unpaired) electrons. The summed E-state index contributed by atoms with van der Waals surface area (Å²) in [6.45, 7) is 6.20. The largest absolute Gasteiger partial charge is 0.496 e. The standard InChI is InChI=1S/C20H21FO2/c1-13(2)18-12-14(3)20(23-4)19(17(18)6-5-11-22)15-7-9-16(21)10-8-15/h5-13H,1-4H3/b6-5+. The van der Waals surface area contributed by atoms with Gasteiger partial charge in [0, 0.05) is 5.56 Å². The highest BCUT2D eigenvalue weighted by atomic mass is 19.1. The number of methoxy groups -OCH3 is 1. The number of aryl methyl sites for hydroxylation is 1. The summed E-state index contributed by atoms with van der Waals surface area (Å²) in [5, 5.41) is 0. The Hall–Kier alpha value is -2.42. The second-order valence-corrected chi connectivity index (χ2v) is 5.76. The molecule has 0 aliphatic rings. The summed E-state index contributed by atoms with van der Waals surface area (Å²) in [5.74, 6) is 0.742. The number of hydrogen-bond donors (Lipinski definition) is 0. The molecule has 0 bridgehead atoms. The highest BCUT2D eigenvalue weighted by molar-refractivity contribution is 5.86. The monoisotopic (exact) mass is 312 g/mol. The van der Waals surface area contributed by atoms with Gasteiger partial charge in [-0.2, -0.15) is 0 Å². The first kappa shape index (κ1) is 16.9. The molecule has 23 heavy (non-hydrogen) atoms. The van der Waals surface area contributed by atoms with Gasteiger partial charge < -0.3 is 4.74 Å². The van der Waals surface area contributed by atoms with E-state index in [4.69, 9.17) is 4.74 Å². The van der Waals surface area contributed by atoms with E-state index in [1.807, 2.05) is 6.92 Å². The second kappa shape index (κ2) is 7.23. The van der Waals surface area contributed by atoms with Gasteiger partial charge >= 0.3 is 0 Å². The Kier molecular flexibility index (Phi) is 5.32. The van der Waals surface area contributed by atoms with Gasteiger partial charge in [0.1, 0.15) is 17.9 Å². The molecule has 120 valence electrons. The average Bonchev–Trinajstić information content (AvgIpc) is 2.53. The number of ether oxygens (including phenoxy) is 1. The predicted molar refractivity (Wildman–Crippen MR) is 92.3 cm³/mol. The first-order valence-electron chi connectivity index (χ1n) is 7.58. The van der Waals surface area contributed by atoms with Gasteiger partial charge in [0.25, 0.3) is 0 Å². The molecule has 0 saturated heterocycles. The topological polar surface area (TPSA) is 26.3 Å². The highest BCUT2D eigenvalue weighted by Crippen LogP contribution is 2.41. The Morgan fingerprint density at radius 3 is 2.35 bits per heavy atom. The van der Waals surface area contributed by atoms with Crippen molar-refractivity contribution in [3.05, 3.63) is 58.9 Å². The first-order valence-corrected chi connectivity index (χ1v) is 7.58. The molecule has 0 heterocycles. The summed E-state index contributed by atoms with van der Waals surface area (Å²) in [7, 11) is 1.62. The minimum atomic E-state index is -0.283. The van der Waals surface area contributed by atoms with Gasteiger partial charge in [-0.15, -0.1) is 0 Å². The van der Waals surface area contributed by atoms with Crippen LogP contribution in [0.5, 0.6) is 5.75 Å².